The van der Waals surface area contributed by atoms with E-state index in [-0.39, 0.29) is 183 Å². The fourth-order valence-electron chi connectivity index (χ4n) is 12.8. The largest absolute Gasteiger partial charge is 1.00 e. The van der Waals surface area contributed by atoms with Gasteiger partial charge in [0.25, 0.3) is 34.8 Å². The van der Waals surface area contributed by atoms with Crippen molar-refractivity contribution in [2.24, 2.45) is 10.8 Å². The Morgan fingerprint density at radius 2 is 0.865 bits per heavy atom. The third-order valence-electron chi connectivity index (χ3n) is 20.7. The summed E-state index contributed by atoms with van der Waals surface area (Å²) in [5.74, 6) is -3.70. The number of amides is 6. The van der Waals surface area contributed by atoms with Gasteiger partial charge in [-0.05, 0) is 188 Å². The minimum absolute atomic E-state index is 0. The number of halogens is 13. The number of Topliss-reactive ketones (excluding diaryl/α,β-unsaturated/α-hetero) is 1. The molecule has 1 heterocycles. The SMILES string of the molecule is COc1cc(N)c(N)cc1C(=O)Nc1ccc(Br)cc1.COc1cc(N)c([N+](=O)[O-])cc1C(=O)Nc1ccc(Br)cc1.COc1cc(N)c([N+](=O)[O-])cc1C(=O)O.COc1cc(NC(C)=O)c([N+](=O)[O-])cc1C(C)=O.COc1cc2nc(Cc3cc(CNC(=O)C4(C(F)(F)F)CC4)ccc3Cl)[nH]c2cc1C(=O)Nc1ccc(Br)cc1.N#CSc1cc(CNC(=O)C2(C(F)(F)F)CC2)ccc1Cl.Nc1ccc(Br)cc1.[2H][I-]C.[Na+].[OH-]. The quantitative estimate of drug-likeness (QED) is 0.00229. The Morgan fingerprint density at radius 1 is 0.514 bits per heavy atom. The zero-order valence-corrected chi connectivity index (χ0v) is 91.9. The molecule has 0 atom stereocenters. The first kappa shape index (κ1) is 123. The molecule has 0 unspecified atom stereocenters. The zero-order chi connectivity index (χ0) is 109. The number of thioether (sulfide) groups is 1. The summed E-state index contributed by atoms with van der Waals surface area (Å²) < 4.78 is 113. The van der Waals surface area contributed by atoms with Crippen molar-refractivity contribution in [2.75, 3.05) is 90.4 Å². The van der Waals surface area contributed by atoms with Crippen molar-refractivity contribution >= 4 is 225 Å². The third-order valence-corrected chi connectivity index (χ3v) is 24.2. The second-order valence-electron chi connectivity index (χ2n) is 30.6. The summed E-state index contributed by atoms with van der Waals surface area (Å²) in [6.45, 7) is 2.41. The smallest absolute Gasteiger partial charge is 0.870 e. The maximum absolute atomic E-state index is 13.2. The number of aromatic nitrogens is 2. The van der Waals surface area contributed by atoms with E-state index in [1.807, 2.05) is 58.9 Å². The van der Waals surface area contributed by atoms with Gasteiger partial charge in [0.2, 0.25) is 17.7 Å². The number of ketones is 1. The van der Waals surface area contributed by atoms with Gasteiger partial charge in [0, 0.05) is 126 Å². The summed E-state index contributed by atoms with van der Waals surface area (Å²) in [4.78, 5) is 135. The molecule has 148 heavy (non-hydrogen) atoms. The van der Waals surface area contributed by atoms with Gasteiger partial charge in [-0.1, -0.05) is 105 Å². The average Bonchev–Trinajstić information content (AvgIpc) is 1.59. The van der Waals surface area contributed by atoms with E-state index in [2.05, 4.69) is 106 Å². The molecule has 14 rings (SSSR count). The molecule has 6 amide bonds. The Hall–Kier alpha value is -13.3. The van der Waals surface area contributed by atoms with Crippen LogP contribution in [0, 0.1) is 51.8 Å². The molecule has 1 aromatic heterocycles. The number of nitrogens with zero attached hydrogens (tertiary/aromatic N) is 5. The van der Waals surface area contributed by atoms with E-state index in [4.69, 9.17) is 86.5 Å². The Labute approximate surface area is 923 Å². The van der Waals surface area contributed by atoms with E-state index in [9.17, 15) is 95.0 Å². The van der Waals surface area contributed by atoms with Crippen molar-refractivity contribution in [1.82, 2.24) is 20.6 Å². The van der Waals surface area contributed by atoms with Crippen molar-refractivity contribution in [3.8, 4) is 34.1 Å². The number of nitrogens with one attached hydrogen (secondary N) is 7. The number of alkyl halides is 7. The van der Waals surface area contributed by atoms with Crippen LogP contribution in [0.3, 0.4) is 0 Å². The molecule has 2 fully saturated rings. The first-order chi connectivity index (χ1) is 69.2. The van der Waals surface area contributed by atoms with E-state index < -0.39 is 73.2 Å². The topological polar surface area (TPSA) is 617 Å². The Balaban J connectivity index is 0.000000316. The van der Waals surface area contributed by atoms with Crippen LogP contribution in [-0.2, 0) is 33.9 Å². The number of benzene rings is 11. The molecule has 0 saturated heterocycles. The van der Waals surface area contributed by atoms with Crippen molar-refractivity contribution in [1.29, 1.82) is 5.86 Å². The molecule has 780 valence electrons. The number of thiocyanates is 1. The molecule has 0 aliphatic heterocycles. The number of hydrogen-bond donors (Lipinski definition) is 13. The normalized spacial score (nSPS) is 11.8. The third kappa shape index (κ3) is 35.2. The second-order valence-corrected chi connectivity index (χ2v) is 35.9. The van der Waals surface area contributed by atoms with Gasteiger partial charge in [0.05, 0.1) is 100 Å². The number of ether oxygens (including phenoxy) is 5. The second kappa shape index (κ2) is 57.3. The molecular weight excluding hydrogens is 2400 g/mol. The number of nitro benzene ring substituents is 3. The number of carbonyl (C=O) groups excluding carboxylic acids is 7. The number of anilines is 9. The van der Waals surface area contributed by atoms with Gasteiger partial charge in [0.15, 0.2) is 5.78 Å². The number of carbonyl (C=O) groups is 8. The summed E-state index contributed by atoms with van der Waals surface area (Å²) in [5.41, 5.74) is 28.8. The van der Waals surface area contributed by atoms with Crippen LogP contribution in [-0.4, -0.2) is 136 Å². The van der Waals surface area contributed by atoms with E-state index in [0.717, 1.165) is 59.6 Å². The minimum Gasteiger partial charge on any atom is -0.870 e. The number of carboxylic acids is 1. The number of nitriles is 1. The van der Waals surface area contributed by atoms with Gasteiger partial charge in [-0.3, -0.25) is 63.9 Å². The predicted molar refractivity (Wildman–Crippen MR) is 554 cm³/mol. The first-order valence-corrected chi connectivity index (χ1v) is 48.6. The summed E-state index contributed by atoms with van der Waals surface area (Å²) >= 11 is 26.2. The molecule has 2 aliphatic carbocycles. The number of hydrogen-bond acceptors (Lipinski definition) is 28. The number of methoxy groups -OCH3 is 5. The van der Waals surface area contributed by atoms with E-state index in [1.165, 1.54) is 73.7 Å². The fourth-order valence-corrected chi connectivity index (χ4v) is 14.8. The Kier molecular flexibility index (Phi) is 47.7. The monoisotopic (exact) mass is 2490 g/mol. The van der Waals surface area contributed by atoms with E-state index in [1.54, 1.807) is 97.1 Å². The van der Waals surface area contributed by atoms with Gasteiger partial charge in [-0.15, -0.1) is 0 Å². The molecule has 2 aliphatic rings. The first-order valence-electron chi connectivity index (χ1n) is 42.1. The Bertz CT molecular complexity index is 6900. The number of nitrogens with two attached hydrogens (primary N) is 5. The minimum atomic E-state index is -4.56. The van der Waals surface area contributed by atoms with Crippen LogP contribution in [0.4, 0.5) is 94.6 Å². The van der Waals surface area contributed by atoms with E-state index >= 15 is 0 Å². The number of fused-ring (bicyclic) bond motifs is 1. The summed E-state index contributed by atoms with van der Waals surface area (Å²) in [6.07, 6.45) is -9.52. The summed E-state index contributed by atoms with van der Waals surface area (Å²) in [7, 11) is 6.89. The molecule has 12 aromatic rings. The van der Waals surface area contributed by atoms with Crippen LogP contribution < -0.4 is 136 Å². The number of nitrogen functional groups attached to an aromatic ring is 5. The number of rotatable bonds is 26. The number of aromatic amines is 1. The van der Waals surface area contributed by atoms with Gasteiger partial charge in [-0.2, -0.15) is 31.6 Å². The van der Waals surface area contributed by atoms with Crippen LogP contribution in [0.2, 0.25) is 10.0 Å². The summed E-state index contributed by atoms with van der Waals surface area (Å²) in [5, 5.41) is 67.7. The van der Waals surface area contributed by atoms with Crippen molar-refractivity contribution < 1.29 is 166 Å². The van der Waals surface area contributed by atoms with Crippen molar-refractivity contribution in [3.63, 3.8) is 0 Å². The van der Waals surface area contributed by atoms with E-state index in [0.29, 0.717) is 99.6 Å². The molecular formula is C95H90Br4Cl2F6IN17NaO21S-. The molecule has 0 radical (unpaired) electrons. The molecule has 2 saturated carbocycles. The molecule has 53 heteroatoms. The molecule has 19 N–H and O–H groups in total. The molecule has 0 bridgehead atoms. The van der Waals surface area contributed by atoms with Crippen LogP contribution >= 0.6 is 98.7 Å². The fraction of sp³-hybridized carbons (Fsp3) is 0.200. The average molecular weight is 2490 g/mol. The van der Waals surface area contributed by atoms with Crippen LogP contribution in [0.15, 0.2) is 217 Å². The maximum atomic E-state index is 13.2. The van der Waals surface area contributed by atoms with Gasteiger partial charge in [0.1, 0.15) is 73.4 Å². The van der Waals surface area contributed by atoms with Crippen LogP contribution in [0.25, 0.3) is 11.0 Å². The number of nitro groups is 3. The van der Waals surface area contributed by atoms with Crippen LogP contribution in [0.1, 0.15) is 114 Å². The zero-order valence-electron chi connectivity index (χ0n) is 80.0. The number of H-pyrrole nitrogens is 1. The maximum Gasteiger partial charge on any atom is 1.00 e. The Morgan fingerprint density at radius 3 is 1.24 bits per heavy atom. The van der Waals surface area contributed by atoms with Crippen LogP contribution in [0.5, 0.6) is 28.7 Å². The van der Waals surface area contributed by atoms with Gasteiger partial charge >= 0.3 is 75.8 Å². The van der Waals surface area contributed by atoms with Crippen molar-refractivity contribution in [3.05, 3.63) is 303 Å². The molecule has 38 nitrogen and oxygen atoms in total. The van der Waals surface area contributed by atoms with Gasteiger partial charge in [-0.25, -0.2) is 9.78 Å². The molecule has 11 aromatic carbocycles. The number of imidazole rings is 1. The molecule has 0 spiro atoms. The predicted octanol–water partition coefficient (Wildman–Crippen LogP) is 15.1. The van der Waals surface area contributed by atoms with Crippen molar-refractivity contribution in [2.45, 2.75) is 76.3 Å². The number of aromatic carboxylic acids is 1. The summed E-state index contributed by atoms with van der Waals surface area (Å²) in [6, 6.07) is 51.6. The number of carboxylic acid groups (broad SMARTS) is 1. The van der Waals surface area contributed by atoms with Gasteiger partial charge < -0.3 is 99.8 Å². The standard InChI is InChI=1S/C28H23BrClF3N4O3.C14H12BrN3O4.C14H14BrN3O2.C13H10ClF3N2OS.C11H12N2O5.C8H8N2O5.C6H6BrN.CH4I.Na.H2O/c1-40-23-13-22-21(12-19(23)25(38)35-18-5-3-17(29)4-6-18)36-24(37-22)11-16-10-15(2-7-20(16)30)14-34-26(39)27(8-9-27)28(31,32)33;1-22-13-7-11(16)12(18(20)21)6-10(13)14(19)17-9-4-2-8(15)3-5-9;1-20-13-7-12(17)11(16)6-10(13)14(19)18-9-4-2-8(15)3-5-9;14-9-2-1-8(5-10(9)21-7-18)6-19-11(20)12(3-4-12)13(15,16)17;1-6(14)8-4-10(13(16)17)9(12-7(2)15)5-11(8)18-3;1-15-7-3-5(9)6(10(13)14)2-4(7)8(11)12;7-5-1-3-6(8)4-2-5;1-2;;/h2-7,10,12-13H,8-9,11,14H2,1H3,(H,34,39)(H,35,38)(H,36,37);2-7H,16H2,1H3,(H,17,19);2-7H,16-17H2,1H3,(H,18,19);1-2,5H,3-4,6H2,(H,19,20);4-5H,1-3H3,(H,12,15);2-3H,9H2,1H3,(H,11,12);1-4H,8H2;2H,1H3;;1H2/q;;;;;;;-1;+1;/p-1/i;;;;;;;2D;;.